The maximum atomic E-state index is 10.0. The van der Waals surface area contributed by atoms with E-state index in [1.165, 1.54) is 0 Å². The average Bonchev–Trinajstić information content (AvgIpc) is 1.64. The van der Waals surface area contributed by atoms with Crippen LogP contribution in [0.3, 0.4) is 0 Å². The van der Waals surface area contributed by atoms with Crippen molar-refractivity contribution in [2.75, 3.05) is 0 Å². The molecule has 0 aromatic heterocycles. The van der Waals surface area contributed by atoms with Crippen LogP contribution in [-0.2, 0) is 4.79 Å². The Morgan fingerprint density at radius 3 is 1.89 bits per heavy atom. The Bertz CT molecular complexity index is 95.0. The number of hydrogen-bond donors (Lipinski definition) is 2. The van der Waals surface area contributed by atoms with Gasteiger partial charge in [0, 0.05) is 0 Å². The molecule has 1 atom stereocenters. The zero-order valence-corrected chi connectivity index (χ0v) is 8.44. The minimum absolute atomic E-state index is 0. The van der Waals surface area contributed by atoms with Gasteiger partial charge in [0.05, 0.1) is 0 Å². The van der Waals surface area contributed by atoms with Gasteiger partial charge >= 0.3 is 29.6 Å². The molecule has 0 saturated heterocycles. The first-order chi connectivity index (χ1) is 3.55. The number of carboxylic acid groups (broad SMARTS) is 1. The first kappa shape index (κ1) is 12.0. The SMILES string of the molecule is CC(C)[C@H](N)C(=O)O.[TeH2]. The summed E-state index contributed by atoms with van der Waals surface area (Å²) in [5, 5.41) is 8.23. The fraction of sp³-hybridized carbons (Fsp3) is 0.800. The van der Waals surface area contributed by atoms with Gasteiger partial charge in [-0.15, -0.1) is 0 Å². The van der Waals surface area contributed by atoms with Crippen LogP contribution in [0.15, 0.2) is 0 Å². The number of rotatable bonds is 2. The predicted molar refractivity (Wildman–Crippen MR) is 39.0 cm³/mol. The third kappa shape index (κ3) is 4.71. The molecule has 0 aromatic rings. The summed E-state index contributed by atoms with van der Waals surface area (Å²) in [5.74, 6) is -0.910. The molecule has 0 spiro atoms. The van der Waals surface area contributed by atoms with E-state index in [0.717, 1.165) is 0 Å². The van der Waals surface area contributed by atoms with Crippen LogP contribution in [0, 0.1) is 5.92 Å². The minimum atomic E-state index is -0.931. The monoisotopic (exact) mass is 249 g/mol. The van der Waals surface area contributed by atoms with E-state index >= 15 is 0 Å². The van der Waals surface area contributed by atoms with Crippen LogP contribution in [0.2, 0.25) is 0 Å². The van der Waals surface area contributed by atoms with Crippen molar-refractivity contribution in [1.29, 1.82) is 0 Å². The number of nitrogens with two attached hydrogens (primary N) is 1. The summed E-state index contributed by atoms with van der Waals surface area (Å²) in [6.07, 6.45) is 0. The molecule has 0 heterocycles. The molecule has 0 aliphatic rings. The van der Waals surface area contributed by atoms with Crippen molar-refractivity contribution in [2.24, 2.45) is 11.7 Å². The van der Waals surface area contributed by atoms with Crippen LogP contribution in [0.4, 0.5) is 0 Å². The Morgan fingerprint density at radius 2 is 1.89 bits per heavy atom. The molecule has 56 valence electrons. The van der Waals surface area contributed by atoms with Crippen molar-refractivity contribution >= 4 is 29.6 Å². The van der Waals surface area contributed by atoms with Gasteiger partial charge in [-0.3, -0.25) is 4.79 Å². The van der Waals surface area contributed by atoms with Gasteiger partial charge in [0.2, 0.25) is 0 Å². The standard InChI is InChI=1S/C5H11NO2.H2Te/c1-3(2)4(6)5(7)8;/h3-4H,6H2,1-2H3,(H,7,8);1H2/t4-;/m0./s1. The summed E-state index contributed by atoms with van der Waals surface area (Å²) in [4.78, 5) is 10.0. The van der Waals surface area contributed by atoms with Gasteiger partial charge in [-0.25, -0.2) is 0 Å². The molecule has 0 amide bonds. The Morgan fingerprint density at radius 1 is 1.56 bits per heavy atom. The zero-order valence-electron chi connectivity index (χ0n) is 5.59. The average molecular weight is 247 g/mol. The van der Waals surface area contributed by atoms with E-state index in [-0.39, 0.29) is 29.6 Å². The van der Waals surface area contributed by atoms with Gasteiger partial charge in [-0.2, -0.15) is 0 Å². The molecular formula is C5H13NO2Te. The predicted octanol–water partition coefficient (Wildman–Crippen LogP) is -0.862. The normalized spacial score (nSPS) is 12.4. The van der Waals surface area contributed by atoms with E-state index in [2.05, 4.69) is 0 Å². The number of aliphatic carboxylic acids is 1. The molecule has 4 heteroatoms. The van der Waals surface area contributed by atoms with Crippen molar-refractivity contribution in [3.8, 4) is 0 Å². The van der Waals surface area contributed by atoms with Crippen LogP contribution in [0.1, 0.15) is 13.8 Å². The van der Waals surface area contributed by atoms with Crippen LogP contribution < -0.4 is 5.73 Å². The molecule has 0 aliphatic carbocycles. The van der Waals surface area contributed by atoms with Crippen molar-refractivity contribution in [3.63, 3.8) is 0 Å². The van der Waals surface area contributed by atoms with Crippen LogP contribution in [-0.4, -0.2) is 40.8 Å². The third-order valence-electron chi connectivity index (χ3n) is 1.00. The molecule has 0 rings (SSSR count). The van der Waals surface area contributed by atoms with Gasteiger partial charge in [-0.05, 0) is 5.92 Å². The van der Waals surface area contributed by atoms with Gasteiger partial charge in [0.15, 0.2) is 0 Å². The van der Waals surface area contributed by atoms with E-state index in [1.54, 1.807) is 13.8 Å². The summed E-state index contributed by atoms with van der Waals surface area (Å²) in [6, 6.07) is -0.713. The summed E-state index contributed by atoms with van der Waals surface area (Å²) in [5.41, 5.74) is 5.16. The maximum absolute atomic E-state index is 10.0. The first-order valence-electron chi connectivity index (χ1n) is 2.54. The fourth-order valence-electron chi connectivity index (χ4n) is 0.285. The van der Waals surface area contributed by atoms with Crippen molar-refractivity contribution in [1.82, 2.24) is 0 Å². The number of carbonyl (C=O) groups is 1. The molecule has 3 nitrogen and oxygen atoms in total. The summed E-state index contributed by atoms with van der Waals surface area (Å²) in [7, 11) is 0. The molecule has 0 unspecified atom stereocenters. The number of carboxylic acids is 1. The molecular weight excluding hydrogens is 234 g/mol. The molecule has 0 fully saturated rings. The van der Waals surface area contributed by atoms with Crippen molar-refractivity contribution in [2.45, 2.75) is 19.9 Å². The molecule has 0 saturated carbocycles. The second-order valence-electron chi connectivity index (χ2n) is 2.11. The van der Waals surface area contributed by atoms with E-state index in [1.807, 2.05) is 0 Å². The molecule has 9 heavy (non-hydrogen) atoms. The Hall–Kier alpha value is 0.220. The second-order valence-corrected chi connectivity index (χ2v) is 2.11. The topological polar surface area (TPSA) is 63.3 Å². The third-order valence-corrected chi connectivity index (χ3v) is 1.00. The van der Waals surface area contributed by atoms with Crippen LogP contribution in [0.25, 0.3) is 0 Å². The first-order valence-corrected chi connectivity index (χ1v) is 2.54. The quantitative estimate of drug-likeness (QED) is 0.624. The Balaban J connectivity index is 0. The van der Waals surface area contributed by atoms with Gasteiger partial charge in [-0.1, -0.05) is 13.8 Å². The van der Waals surface area contributed by atoms with E-state index in [0.29, 0.717) is 0 Å². The molecule has 0 aromatic carbocycles. The zero-order chi connectivity index (χ0) is 6.73. The molecule has 0 aliphatic heterocycles. The van der Waals surface area contributed by atoms with Crippen LogP contribution >= 0.6 is 0 Å². The van der Waals surface area contributed by atoms with Crippen molar-refractivity contribution in [3.05, 3.63) is 0 Å². The fourth-order valence-corrected chi connectivity index (χ4v) is 0.285. The summed E-state index contributed by atoms with van der Waals surface area (Å²) >= 11 is 0. The Labute approximate surface area is 71.3 Å². The molecule has 0 radical (unpaired) electrons. The summed E-state index contributed by atoms with van der Waals surface area (Å²) < 4.78 is 0. The molecule has 3 N–H and O–H groups in total. The summed E-state index contributed by atoms with van der Waals surface area (Å²) in [6.45, 7) is 3.55. The van der Waals surface area contributed by atoms with E-state index in [4.69, 9.17) is 10.8 Å². The van der Waals surface area contributed by atoms with Gasteiger partial charge in [0.1, 0.15) is 6.04 Å². The van der Waals surface area contributed by atoms with Crippen molar-refractivity contribution < 1.29 is 9.90 Å². The molecule has 0 bridgehead atoms. The second kappa shape index (κ2) is 5.04. The van der Waals surface area contributed by atoms with Gasteiger partial charge < -0.3 is 10.8 Å². The van der Waals surface area contributed by atoms with E-state index in [9.17, 15) is 4.79 Å². The van der Waals surface area contributed by atoms with E-state index < -0.39 is 12.0 Å². The van der Waals surface area contributed by atoms with Crippen LogP contribution in [0.5, 0.6) is 0 Å². The Kier molecular flexibility index (Phi) is 6.69. The van der Waals surface area contributed by atoms with Gasteiger partial charge in [0.25, 0.3) is 0 Å². The number of hydrogen-bond acceptors (Lipinski definition) is 2.